The summed E-state index contributed by atoms with van der Waals surface area (Å²) in [6, 6.07) is 6.59. The predicted molar refractivity (Wildman–Crippen MR) is 94.4 cm³/mol. The maximum atomic E-state index is 12.6. The summed E-state index contributed by atoms with van der Waals surface area (Å²) < 4.78 is 37.7. The number of fused-ring (bicyclic) bond motifs is 1. The number of benzene rings is 1. The van der Waals surface area contributed by atoms with Gasteiger partial charge in [-0.2, -0.15) is 13.2 Å². The summed E-state index contributed by atoms with van der Waals surface area (Å²) in [5.74, 6) is 0.278. The summed E-state index contributed by atoms with van der Waals surface area (Å²) >= 11 is 0. The van der Waals surface area contributed by atoms with E-state index in [0.717, 1.165) is 0 Å². The van der Waals surface area contributed by atoms with Gasteiger partial charge in [-0.3, -0.25) is 14.5 Å². The number of alkyl halides is 3. The van der Waals surface area contributed by atoms with Crippen molar-refractivity contribution in [2.45, 2.75) is 32.0 Å². The lowest BCUT2D eigenvalue weighted by atomic mass is 10.1. The molecule has 6 nitrogen and oxygen atoms in total. The van der Waals surface area contributed by atoms with E-state index in [0.29, 0.717) is 16.7 Å². The molecule has 27 heavy (non-hydrogen) atoms. The van der Waals surface area contributed by atoms with Crippen LogP contribution in [0.3, 0.4) is 0 Å². The van der Waals surface area contributed by atoms with Crippen molar-refractivity contribution in [3.05, 3.63) is 40.4 Å². The van der Waals surface area contributed by atoms with Crippen LogP contribution in [-0.2, 0) is 11.2 Å². The van der Waals surface area contributed by atoms with Crippen LogP contribution in [-0.4, -0.2) is 64.1 Å². The molecule has 0 saturated carbocycles. The Balaban J connectivity index is 1.58. The van der Waals surface area contributed by atoms with Crippen LogP contribution in [0.5, 0.6) is 0 Å². The molecule has 1 N–H and O–H groups in total. The first kappa shape index (κ1) is 19.3. The Morgan fingerprint density at radius 2 is 2.04 bits per heavy atom. The highest BCUT2D eigenvalue weighted by atomic mass is 19.4. The minimum absolute atomic E-state index is 0.146. The molecule has 146 valence electrons. The second-order valence-corrected chi connectivity index (χ2v) is 6.80. The van der Waals surface area contributed by atoms with Crippen molar-refractivity contribution in [3.63, 3.8) is 0 Å². The number of piperazine rings is 1. The molecule has 2 heterocycles. The second-order valence-electron chi connectivity index (χ2n) is 6.80. The molecule has 1 unspecified atom stereocenters. The number of amides is 1. The molecule has 1 aromatic carbocycles. The highest BCUT2D eigenvalue weighted by Gasteiger charge is 2.35. The van der Waals surface area contributed by atoms with Crippen LogP contribution in [0, 0.1) is 0 Å². The summed E-state index contributed by atoms with van der Waals surface area (Å²) in [6.07, 6.45) is -3.82. The van der Waals surface area contributed by atoms with Crippen LogP contribution in [0.2, 0.25) is 0 Å². The molecule has 9 heteroatoms. The van der Waals surface area contributed by atoms with Gasteiger partial charge in [0.2, 0.25) is 5.91 Å². The third-order valence-corrected chi connectivity index (χ3v) is 4.74. The summed E-state index contributed by atoms with van der Waals surface area (Å²) in [4.78, 5) is 34.4. The molecule has 0 spiro atoms. The fraction of sp³-hybridized carbons (Fsp3) is 0.500. The van der Waals surface area contributed by atoms with Crippen LogP contribution < -0.4 is 5.56 Å². The van der Waals surface area contributed by atoms with E-state index in [1.807, 2.05) is 0 Å². The Bertz CT molecular complexity index is 881. The van der Waals surface area contributed by atoms with Crippen molar-refractivity contribution >= 4 is 16.8 Å². The lowest BCUT2D eigenvalue weighted by Crippen LogP contribution is -2.55. The molecule has 1 fully saturated rings. The Hall–Kier alpha value is -2.42. The fourth-order valence-electron chi connectivity index (χ4n) is 3.32. The van der Waals surface area contributed by atoms with Crippen molar-refractivity contribution in [1.29, 1.82) is 0 Å². The van der Waals surface area contributed by atoms with Gasteiger partial charge in [-0.15, -0.1) is 0 Å². The Morgan fingerprint density at radius 1 is 1.30 bits per heavy atom. The molecular weight excluding hydrogens is 361 g/mol. The van der Waals surface area contributed by atoms with Crippen molar-refractivity contribution in [2.75, 3.05) is 26.2 Å². The number of para-hydroxylation sites is 1. The van der Waals surface area contributed by atoms with Crippen LogP contribution in [0.1, 0.15) is 19.2 Å². The smallest absolute Gasteiger partial charge is 0.340 e. The number of aromatic nitrogens is 2. The number of hydrogen-bond donors (Lipinski definition) is 1. The zero-order valence-corrected chi connectivity index (χ0v) is 14.9. The quantitative estimate of drug-likeness (QED) is 0.878. The number of rotatable bonds is 4. The zero-order chi connectivity index (χ0) is 19.6. The molecule has 1 saturated heterocycles. The van der Waals surface area contributed by atoms with E-state index in [4.69, 9.17) is 0 Å². The molecule has 1 atom stereocenters. The van der Waals surface area contributed by atoms with Crippen LogP contribution in [0.15, 0.2) is 29.1 Å². The van der Waals surface area contributed by atoms with Gasteiger partial charge in [-0.1, -0.05) is 12.1 Å². The first-order valence-electron chi connectivity index (χ1n) is 8.79. The monoisotopic (exact) mass is 382 g/mol. The minimum atomic E-state index is -4.24. The molecule has 0 aliphatic carbocycles. The molecule has 1 aliphatic heterocycles. The molecule has 0 radical (unpaired) electrons. The first-order chi connectivity index (χ1) is 12.7. The zero-order valence-electron chi connectivity index (χ0n) is 14.9. The highest BCUT2D eigenvalue weighted by Crippen LogP contribution is 2.20. The maximum absolute atomic E-state index is 12.6. The number of nitrogens with one attached hydrogen (secondary N) is 1. The fourth-order valence-corrected chi connectivity index (χ4v) is 3.32. The van der Waals surface area contributed by atoms with Gasteiger partial charge in [0.25, 0.3) is 5.56 Å². The van der Waals surface area contributed by atoms with Crippen LogP contribution >= 0.6 is 0 Å². The average Bonchev–Trinajstić information content (AvgIpc) is 2.60. The predicted octanol–water partition coefficient (Wildman–Crippen LogP) is 1.95. The molecule has 1 aliphatic rings. The third-order valence-electron chi connectivity index (χ3n) is 4.74. The van der Waals surface area contributed by atoms with E-state index in [2.05, 4.69) is 9.97 Å². The van der Waals surface area contributed by atoms with E-state index < -0.39 is 12.7 Å². The van der Waals surface area contributed by atoms with Gasteiger partial charge in [0.1, 0.15) is 5.82 Å². The van der Waals surface area contributed by atoms with Crippen LogP contribution in [0.4, 0.5) is 13.2 Å². The van der Waals surface area contributed by atoms with Crippen molar-refractivity contribution < 1.29 is 18.0 Å². The van der Waals surface area contributed by atoms with E-state index in [1.165, 1.54) is 4.90 Å². The Kier molecular flexibility index (Phi) is 5.50. The molecule has 1 aromatic heterocycles. The number of hydrogen-bond acceptors (Lipinski definition) is 4. The van der Waals surface area contributed by atoms with Gasteiger partial charge in [-0.05, 0) is 19.1 Å². The van der Waals surface area contributed by atoms with Gasteiger partial charge < -0.3 is 9.88 Å². The summed E-state index contributed by atoms with van der Waals surface area (Å²) in [6.45, 7) is 1.45. The van der Waals surface area contributed by atoms with Crippen LogP contribution in [0.25, 0.3) is 10.9 Å². The summed E-state index contributed by atoms with van der Waals surface area (Å²) in [5.41, 5.74) is 0.315. The van der Waals surface area contributed by atoms with Crippen molar-refractivity contribution in [3.8, 4) is 0 Å². The Morgan fingerprint density at radius 3 is 2.74 bits per heavy atom. The number of H-pyrrole nitrogens is 1. The average molecular weight is 382 g/mol. The van der Waals surface area contributed by atoms with E-state index in [-0.39, 0.29) is 50.0 Å². The van der Waals surface area contributed by atoms with Crippen molar-refractivity contribution in [2.24, 2.45) is 0 Å². The van der Waals surface area contributed by atoms with E-state index in [1.54, 1.807) is 36.1 Å². The molecule has 1 amide bonds. The lowest BCUT2D eigenvalue weighted by molar-refractivity contribution is -0.157. The lowest BCUT2D eigenvalue weighted by Gasteiger charge is -2.40. The van der Waals surface area contributed by atoms with Gasteiger partial charge in [0.05, 0.1) is 17.4 Å². The second kappa shape index (κ2) is 7.67. The first-order valence-corrected chi connectivity index (χ1v) is 8.79. The van der Waals surface area contributed by atoms with Gasteiger partial charge >= 0.3 is 6.18 Å². The number of carbonyl (C=O) groups excluding carboxylic acids is 1. The van der Waals surface area contributed by atoms with Gasteiger partial charge in [0, 0.05) is 38.5 Å². The Labute approximate surface area is 154 Å². The van der Waals surface area contributed by atoms with Crippen molar-refractivity contribution in [1.82, 2.24) is 19.8 Å². The number of aryl methyl sites for hydroxylation is 1. The number of aromatic amines is 1. The van der Waals surface area contributed by atoms with Gasteiger partial charge in [-0.25, -0.2) is 4.98 Å². The summed E-state index contributed by atoms with van der Waals surface area (Å²) in [7, 11) is 0. The topological polar surface area (TPSA) is 69.3 Å². The largest absolute Gasteiger partial charge is 0.401 e. The molecule has 3 rings (SSSR count). The standard InChI is InChI=1S/C18H21F3N4O2/c1-12-10-24(8-9-25(12)11-18(19,20)21)16(26)7-6-15-22-14-5-3-2-4-13(14)17(27)23-15/h2-5,12H,6-11H2,1H3,(H,22,23,27). The van der Waals surface area contributed by atoms with Gasteiger partial charge in [0.15, 0.2) is 0 Å². The number of nitrogens with zero attached hydrogens (tertiary/aromatic N) is 3. The van der Waals surface area contributed by atoms with E-state index in [9.17, 15) is 22.8 Å². The SMILES string of the molecule is CC1CN(C(=O)CCc2nc3ccccc3c(=O)[nH]2)CCN1CC(F)(F)F. The maximum Gasteiger partial charge on any atom is 0.401 e. The normalized spacial score (nSPS) is 18.8. The molecule has 0 bridgehead atoms. The minimum Gasteiger partial charge on any atom is -0.340 e. The van der Waals surface area contributed by atoms with E-state index >= 15 is 0 Å². The number of halogens is 3. The molecule has 2 aromatic rings. The third kappa shape index (κ3) is 4.85. The highest BCUT2D eigenvalue weighted by molar-refractivity contribution is 5.78. The molecular formula is C18H21F3N4O2. The number of carbonyl (C=O) groups is 1. The summed E-state index contributed by atoms with van der Waals surface area (Å²) in [5, 5.41) is 0.488.